The van der Waals surface area contributed by atoms with Gasteiger partial charge in [-0.05, 0) is 55.3 Å². The number of fused-ring (bicyclic) bond motifs is 1. The zero-order valence-corrected chi connectivity index (χ0v) is 17.6. The molecule has 1 atom stereocenters. The van der Waals surface area contributed by atoms with Crippen molar-refractivity contribution in [3.8, 4) is 0 Å². The van der Waals surface area contributed by atoms with Crippen molar-refractivity contribution in [1.29, 1.82) is 0 Å². The van der Waals surface area contributed by atoms with Crippen molar-refractivity contribution in [2.24, 2.45) is 5.92 Å². The Morgan fingerprint density at radius 2 is 1.80 bits per heavy atom. The molecule has 2 aromatic carbocycles. The number of hydrogen-bond donors (Lipinski definition) is 2. The summed E-state index contributed by atoms with van der Waals surface area (Å²) < 4.78 is 0. The van der Waals surface area contributed by atoms with E-state index in [0.717, 1.165) is 49.7 Å². The number of likely N-dealkylation sites (N-methyl/N-ethyl adjacent to an activating group) is 1. The number of nitrogens with zero attached hydrogens (tertiary/aromatic N) is 2. The molecule has 0 aliphatic carbocycles. The van der Waals surface area contributed by atoms with E-state index in [2.05, 4.69) is 39.5 Å². The molecular weight excluding hydrogens is 376 g/mol. The van der Waals surface area contributed by atoms with Gasteiger partial charge in [0, 0.05) is 55.6 Å². The van der Waals surface area contributed by atoms with Crippen molar-refractivity contribution in [3.63, 3.8) is 0 Å². The lowest BCUT2D eigenvalue weighted by Gasteiger charge is -2.35. The van der Waals surface area contributed by atoms with Gasteiger partial charge in [-0.15, -0.1) is 0 Å². The molecule has 30 heavy (non-hydrogen) atoms. The maximum atomic E-state index is 12.4. The average Bonchev–Trinajstić information content (AvgIpc) is 2.78. The van der Waals surface area contributed by atoms with E-state index in [9.17, 15) is 9.59 Å². The number of rotatable bonds is 6. The molecule has 0 radical (unpaired) electrons. The van der Waals surface area contributed by atoms with E-state index in [-0.39, 0.29) is 17.7 Å². The summed E-state index contributed by atoms with van der Waals surface area (Å²) in [5.74, 6) is -0.199. The molecule has 6 heteroatoms. The highest BCUT2D eigenvalue weighted by molar-refractivity contribution is 5.96. The van der Waals surface area contributed by atoms with Crippen LogP contribution in [0.4, 0.5) is 17.1 Å². The van der Waals surface area contributed by atoms with Gasteiger partial charge in [0.15, 0.2) is 0 Å². The molecule has 2 N–H and O–H groups in total. The second-order valence-electron chi connectivity index (χ2n) is 8.10. The monoisotopic (exact) mass is 406 g/mol. The predicted molar refractivity (Wildman–Crippen MR) is 121 cm³/mol. The third kappa shape index (κ3) is 4.82. The Labute approximate surface area is 178 Å². The van der Waals surface area contributed by atoms with Gasteiger partial charge in [0.1, 0.15) is 0 Å². The first-order chi connectivity index (χ1) is 14.6. The quantitative estimate of drug-likeness (QED) is 0.772. The molecule has 1 fully saturated rings. The predicted octanol–water partition coefficient (Wildman–Crippen LogP) is 3.36. The van der Waals surface area contributed by atoms with Crippen LogP contribution in [0, 0.1) is 5.92 Å². The van der Waals surface area contributed by atoms with Crippen LogP contribution in [0.2, 0.25) is 0 Å². The normalized spacial score (nSPS) is 19.2. The molecular formula is C24H30N4O2. The van der Waals surface area contributed by atoms with Crippen LogP contribution in [0.25, 0.3) is 0 Å². The smallest absolute Gasteiger partial charge is 0.227 e. The minimum atomic E-state index is -0.158. The van der Waals surface area contributed by atoms with Gasteiger partial charge in [0.25, 0.3) is 0 Å². The van der Waals surface area contributed by atoms with Crippen LogP contribution in [0.15, 0.2) is 48.5 Å². The average molecular weight is 407 g/mol. The summed E-state index contributed by atoms with van der Waals surface area (Å²) in [4.78, 5) is 29.5. The zero-order valence-electron chi connectivity index (χ0n) is 17.6. The van der Waals surface area contributed by atoms with E-state index in [1.807, 2.05) is 36.4 Å². The van der Waals surface area contributed by atoms with Gasteiger partial charge in [-0.2, -0.15) is 0 Å². The van der Waals surface area contributed by atoms with Gasteiger partial charge in [-0.25, -0.2) is 0 Å². The summed E-state index contributed by atoms with van der Waals surface area (Å²) in [5, 5.41) is 5.91. The van der Waals surface area contributed by atoms with Gasteiger partial charge in [-0.1, -0.05) is 25.1 Å². The lowest BCUT2D eigenvalue weighted by molar-refractivity contribution is -0.121. The number of nitrogens with one attached hydrogen (secondary N) is 2. The molecule has 2 aliphatic heterocycles. The molecule has 6 nitrogen and oxygen atoms in total. The van der Waals surface area contributed by atoms with Crippen LogP contribution in [0.1, 0.15) is 25.3 Å². The van der Waals surface area contributed by atoms with Gasteiger partial charge in [-0.3, -0.25) is 9.59 Å². The van der Waals surface area contributed by atoms with Gasteiger partial charge in [0.2, 0.25) is 11.8 Å². The summed E-state index contributed by atoms with van der Waals surface area (Å²) in [5.41, 5.74) is 4.02. The Morgan fingerprint density at radius 1 is 1.07 bits per heavy atom. The number of anilines is 3. The van der Waals surface area contributed by atoms with Gasteiger partial charge < -0.3 is 20.4 Å². The van der Waals surface area contributed by atoms with Crippen molar-refractivity contribution in [3.05, 3.63) is 54.1 Å². The molecule has 2 aromatic rings. The number of hydrogen-bond acceptors (Lipinski definition) is 4. The Morgan fingerprint density at radius 3 is 2.53 bits per heavy atom. The molecule has 0 aromatic heterocycles. The van der Waals surface area contributed by atoms with Gasteiger partial charge in [0.05, 0.1) is 0 Å². The first kappa shape index (κ1) is 20.4. The van der Waals surface area contributed by atoms with E-state index in [0.29, 0.717) is 19.3 Å². The van der Waals surface area contributed by atoms with Gasteiger partial charge >= 0.3 is 0 Å². The highest BCUT2D eigenvalue weighted by Gasteiger charge is 2.26. The summed E-state index contributed by atoms with van der Waals surface area (Å²) in [6.45, 7) is 7.56. The Balaban J connectivity index is 1.26. The molecule has 0 saturated carbocycles. The van der Waals surface area contributed by atoms with Crippen molar-refractivity contribution in [2.45, 2.75) is 26.2 Å². The molecule has 1 saturated heterocycles. The molecule has 2 heterocycles. The Kier molecular flexibility index (Phi) is 6.33. The third-order valence-corrected chi connectivity index (χ3v) is 6.17. The number of carbonyl (C=O) groups is 2. The first-order valence-corrected chi connectivity index (χ1v) is 10.9. The number of piperazine rings is 1. The molecule has 158 valence electrons. The highest BCUT2D eigenvalue weighted by atomic mass is 16.2. The fraction of sp³-hybridized carbons (Fsp3) is 0.417. The Hall–Kier alpha value is -2.86. The van der Waals surface area contributed by atoms with Crippen LogP contribution >= 0.6 is 0 Å². The highest BCUT2D eigenvalue weighted by Crippen LogP contribution is 2.27. The molecule has 4 rings (SSSR count). The minimum absolute atomic E-state index is 0.00835. The summed E-state index contributed by atoms with van der Waals surface area (Å²) in [6.07, 6.45) is 1.57. The van der Waals surface area contributed by atoms with Crippen LogP contribution in [0.3, 0.4) is 0 Å². The maximum Gasteiger partial charge on any atom is 0.227 e. The second-order valence-corrected chi connectivity index (χ2v) is 8.10. The lowest BCUT2D eigenvalue weighted by Crippen LogP contribution is -2.46. The van der Waals surface area contributed by atoms with Crippen molar-refractivity contribution in [1.82, 2.24) is 4.90 Å². The Bertz CT molecular complexity index is 888. The van der Waals surface area contributed by atoms with Crippen LogP contribution in [-0.4, -0.2) is 49.4 Å². The van der Waals surface area contributed by atoms with E-state index in [1.54, 1.807) is 0 Å². The topological polar surface area (TPSA) is 64.7 Å². The summed E-state index contributed by atoms with van der Waals surface area (Å²) in [7, 11) is 0. The van der Waals surface area contributed by atoms with Crippen molar-refractivity contribution < 1.29 is 9.59 Å². The third-order valence-electron chi connectivity index (χ3n) is 6.17. The standard InChI is InChI=1S/C24H30N4O2/c1-2-27-13-15-28(16-14-27)21-10-8-20(9-11-21)25-23(29)12-7-19-17-18-5-3-4-6-22(18)26-24(19)30/h3-6,8-11,19H,2,7,12-17H2,1H3,(H,25,29)(H,26,30)/t19-/m0/s1. The molecule has 0 bridgehead atoms. The second kappa shape index (κ2) is 9.30. The zero-order chi connectivity index (χ0) is 20.9. The fourth-order valence-electron chi connectivity index (χ4n) is 4.25. The summed E-state index contributed by atoms with van der Waals surface area (Å²) >= 11 is 0. The molecule has 2 amide bonds. The number of para-hydroxylation sites is 1. The number of benzene rings is 2. The first-order valence-electron chi connectivity index (χ1n) is 10.9. The van der Waals surface area contributed by atoms with E-state index in [4.69, 9.17) is 0 Å². The SMILES string of the molecule is CCN1CCN(c2ccc(NC(=O)CC[C@H]3Cc4ccccc4NC3=O)cc2)CC1. The van der Waals surface area contributed by atoms with Crippen molar-refractivity contribution in [2.75, 3.05) is 48.3 Å². The molecule has 0 spiro atoms. The van der Waals surface area contributed by atoms with E-state index >= 15 is 0 Å². The minimum Gasteiger partial charge on any atom is -0.369 e. The lowest BCUT2D eigenvalue weighted by atomic mass is 9.89. The summed E-state index contributed by atoms with van der Waals surface area (Å²) in [6, 6.07) is 15.9. The maximum absolute atomic E-state index is 12.4. The van der Waals surface area contributed by atoms with Crippen LogP contribution < -0.4 is 15.5 Å². The van der Waals surface area contributed by atoms with Crippen LogP contribution in [-0.2, 0) is 16.0 Å². The number of amides is 2. The fourth-order valence-corrected chi connectivity index (χ4v) is 4.25. The molecule has 0 unspecified atom stereocenters. The van der Waals surface area contributed by atoms with Crippen LogP contribution in [0.5, 0.6) is 0 Å². The van der Waals surface area contributed by atoms with E-state index < -0.39 is 0 Å². The van der Waals surface area contributed by atoms with E-state index in [1.165, 1.54) is 5.69 Å². The van der Waals surface area contributed by atoms with Crippen molar-refractivity contribution >= 4 is 28.9 Å². The number of carbonyl (C=O) groups excluding carboxylic acids is 2. The molecule has 2 aliphatic rings. The largest absolute Gasteiger partial charge is 0.369 e.